The molecule has 0 heterocycles. The summed E-state index contributed by atoms with van der Waals surface area (Å²) in [6.45, 7) is 5.33. The van der Waals surface area contributed by atoms with E-state index in [2.05, 4.69) is 0 Å². The summed E-state index contributed by atoms with van der Waals surface area (Å²) in [6, 6.07) is 12.7. The second kappa shape index (κ2) is 10.2. The van der Waals surface area contributed by atoms with E-state index in [0.717, 1.165) is 12.1 Å². The molecule has 0 radical (unpaired) electrons. The molecule has 3 rings (SSSR count). The highest BCUT2D eigenvalue weighted by Gasteiger charge is 2.26. The zero-order valence-electron chi connectivity index (χ0n) is 19.3. The molecule has 6 nitrogen and oxygen atoms in total. The molecule has 0 unspecified atom stereocenters. The Bertz CT molecular complexity index is 1310. The number of anilines is 1. The highest BCUT2D eigenvalue weighted by Crippen LogP contribution is 2.28. The standard InChI is InChI=1S/C25H25F2NO5S/c1-5-28(34(30,31)21-12-16(2)17(3)22(14-21)25(29)32-4)19-7-9-20(10-8-19)33-15-18-6-11-23(26)24(27)13-18/h6-14H,5,15H2,1-4H3. The summed E-state index contributed by atoms with van der Waals surface area (Å²) in [6.07, 6.45) is 0. The lowest BCUT2D eigenvalue weighted by molar-refractivity contribution is 0.0599. The Morgan fingerprint density at radius 1 is 0.971 bits per heavy atom. The summed E-state index contributed by atoms with van der Waals surface area (Å²) < 4.78 is 64.9. The first-order chi connectivity index (χ1) is 16.1. The second-order valence-electron chi connectivity index (χ2n) is 7.61. The summed E-state index contributed by atoms with van der Waals surface area (Å²) in [5.41, 5.74) is 2.35. The van der Waals surface area contributed by atoms with Gasteiger partial charge in [0.15, 0.2) is 11.6 Å². The molecule has 3 aromatic rings. The fourth-order valence-electron chi connectivity index (χ4n) is 3.42. The number of nitrogens with zero attached hydrogens (tertiary/aromatic N) is 1. The smallest absolute Gasteiger partial charge is 0.338 e. The van der Waals surface area contributed by atoms with Gasteiger partial charge in [-0.05, 0) is 86.0 Å². The van der Waals surface area contributed by atoms with Crippen molar-refractivity contribution in [2.45, 2.75) is 32.3 Å². The van der Waals surface area contributed by atoms with Crippen LogP contribution >= 0.6 is 0 Å². The van der Waals surface area contributed by atoms with Crippen LogP contribution in [0.4, 0.5) is 14.5 Å². The van der Waals surface area contributed by atoms with Gasteiger partial charge in [0, 0.05) is 6.54 Å². The van der Waals surface area contributed by atoms with Crippen LogP contribution in [0.25, 0.3) is 0 Å². The Labute approximate surface area is 197 Å². The molecule has 3 aromatic carbocycles. The van der Waals surface area contributed by atoms with Crippen LogP contribution in [0, 0.1) is 25.5 Å². The largest absolute Gasteiger partial charge is 0.489 e. The Balaban J connectivity index is 1.85. The second-order valence-corrected chi connectivity index (χ2v) is 9.47. The molecule has 0 saturated carbocycles. The molecule has 0 amide bonds. The third kappa shape index (κ3) is 5.20. The van der Waals surface area contributed by atoms with Crippen molar-refractivity contribution in [3.8, 4) is 5.75 Å². The van der Waals surface area contributed by atoms with Crippen LogP contribution in [-0.4, -0.2) is 28.0 Å². The van der Waals surface area contributed by atoms with Gasteiger partial charge in [0.25, 0.3) is 10.0 Å². The molecule has 34 heavy (non-hydrogen) atoms. The van der Waals surface area contributed by atoms with Crippen molar-refractivity contribution in [1.82, 2.24) is 0 Å². The van der Waals surface area contributed by atoms with E-state index >= 15 is 0 Å². The summed E-state index contributed by atoms with van der Waals surface area (Å²) in [4.78, 5) is 12.1. The zero-order chi connectivity index (χ0) is 25.0. The monoisotopic (exact) mass is 489 g/mol. The highest BCUT2D eigenvalue weighted by molar-refractivity contribution is 7.92. The van der Waals surface area contributed by atoms with Gasteiger partial charge < -0.3 is 9.47 Å². The van der Waals surface area contributed by atoms with Crippen LogP contribution in [0.3, 0.4) is 0 Å². The van der Waals surface area contributed by atoms with E-state index < -0.39 is 27.6 Å². The maximum absolute atomic E-state index is 13.4. The van der Waals surface area contributed by atoms with Gasteiger partial charge in [0.05, 0.1) is 23.3 Å². The summed E-state index contributed by atoms with van der Waals surface area (Å²) >= 11 is 0. The van der Waals surface area contributed by atoms with Crippen molar-refractivity contribution < 1.29 is 31.5 Å². The topological polar surface area (TPSA) is 72.9 Å². The van der Waals surface area contributed by atoms with Gasteiger partial charge in [0.1, 0.15) is 12.4 Å². The Hall–Kier alpha value is -3.46. The fraction of sp³-hybridized carbons (Fsp3) is 0.240. The lowest BCUT2D eigenvalue weighted by atomic mass is 10.0. The van der Waals surface area contributed by atoms with Crippen LogP contribution in [-0.2, 0) is 21.4 Å². The number of esters is 1. The number of methoxy groups -OCH3 is 1. The minimum Gasteiger partial charge on any atom is -0.489 e. The number of rotatable bonds is 8. The number of carbonyl (C=O) groups is 1. The number of benzene rings is 3. The molecule has 0 aliphatic rings. The maximum Gasteiger partial charge on any atom is 0.338 e. The van der Waals surface area contributed by atoms with Gasteiger partial charge in [-0.3, -0.25) is 4.31 Å². The van der Waals surface area contributed by atoms with Crippen molar-refractivity contribution in [2.75, 3.05) is 18.0 Å². The molecule has 0 fully saturated rings. The summed E-state index contributed by atoms with van der Waals surface area (Å²) in [7, 11) is -2.73. The molecular weight excluding hydrogens is 464 g/mol. The first-order valence-corrected chi connectivity index (χ1v) is 11.9. The van der Waals surface area contributed by atoms with E-state index in [0.29, 0.717) is 28.1 Å². The van der Waals surface area contributed by atoms with Gasteiger partial charge in [-0.25, -0.2) is 22.0 Å². The van der Waals surface area contributed by atoms with Crippen molar-refractivity contribution in [3.63, 3.8) is 0 Å². The first kappa shape index (κ1) is 25.2. The van der Waals surface area contributed by atoms with E-state index in [1.165, 1.54) is 29.6 Å². The van der Waals surface area contributed by atoms with Crippen LogP contribution in [0.5, 0.6) is 5.75 Å². The predicted octanol–water partition coefficient (Wildman–Crippen LogP) is 5.16. The number of halogens is 2. The lowest BCUT2D eigenvalue weighted by Gasteiger charge is -2.24. The average molecular weight is 490 g/mol. The van der Waals surface area contributed by atoms with E-state index in [1.807, 2.05) is 0 Å². The van der Waals surface area contributed by atoms with Crippen LogP contribution in [0.15, 0.2) is 59.5 Å². The first-order valence-electron chi connectivity index (χ1n) is 10.5. The van der Waals surface area contributed by atoms with Crippen LogP contribution < -0.4 is 9.04 Å². The van der Waals surface area contributed by atoms with E-state index in [9.17, 15) is 22.0 Å². The number of hydrogen-bond acceptors (Lipinski definition) is 5. The Morgan fingerprint density at radius 3 is 2.24 bits per heavy atom. The number of ether oxygens (including phenoxy) is 2. The van der Waals surface area contributed by atoms with E-state index in [1.54, 1.807) is 45.0 Å². The van der Waals surface area contributed by atoms with E-state index in [-0.39, 0.29) is 23.6 Å². The van der Waals surface area contributed by atoms with Gasteiger partial charge in [-0.1, -0.05) is 6.07 Å². The summed E-state index contributed by atoms with van der Waals surface area (Å²) in [5, 5.41) is 0. The molecular formula is C25H25F2NO5S. The number of carbonyl (C=O) groups excluding carboxylic acids is 1. The molecule has 0 aliphatic carbocycles. The molecule has 9 heteroatoms. The van der Waals surface area contributed by atoms with Crippen LogP contribution in [0.2, 0.25) is 0 Å². The van der Waals surface area contributed by atoms with Gasteiger partial charge in [-0.15, -0.1) is 0 Å². The Morgan fingerprint density at radius 2 is 1.65 bits per heavy atom. The molecule has 0 aromatic heterocycles. The maximum atomic E-state index is 13.4. The number of sulfonamides is 1. The Kier molecular flexibility index (Phi) is 7.56. The fourth-order valence-corrected chi connectivity index (χ4v) is 5.01. The molecule has 180 valence electrons. The molecule has 0 saturated heterocycles. The molecule has 0 N–H and O–H groups in total. The SMILES string of the molecule is CCN(c1ccc(OCc2ccc(F)c(F)c2)cc1)S(=O)(=O)c1cc(C)c(C)c(C(=O)OC)c1. The van der Waals surface area contributed by atoms with Crippen molar-refractivity contribution in [1.29, 1.82) is 0 Å². The van der Waals surface area contributed by atoms with Gasteiger partial charge in [-0.2, -0.15) is 0 Å². The van der Waals surface area contributed by atoms with Crippen molar-refractivity contribution in [3.05, 3.63) is 88.5 Å². The third-order valence-electron chi connectivity index (χ3n) is 5.44. The average Bonchev–Trinajstić information content (AvgIpc) is 2.82. The molecule has 0 aliphatic heterocycles. The predicted molar refractivity (Wildman–Crippen MR) is 125 cm³/mol. The summed E-state index contributed by atoms with van der Waals surface area (Å²) in [5.74, 6) is -2.07. The van der Waals surface area contributed by atoms with E-state index in [4.69, 9.17) is 9.47 Å². The number of aryl methyl sites for hydroxylation is 1. The lowest BCUT2D eigenvalue weighted by Crippen LogP contribution is -2.31. The molecule has 0 bridgehead atoms. The molecule has 0 spiro atoms. The minimum absolute atomic E-state index is 0.0171. The van der Waals surface area contributed by atoms with Crippen LogP contribution in [0.1, 0.15) is 34.0 Å². The van der Waals surface area contributed by atoms with Gasteiger partial charge in [0.2, 0.25) is 0 Å². The normalized spacial score (nSPS) is 11.2. The van der Waals surface area contributed by atoms with Gasteiger partial charge >= 0.3 is 5.97 Å². The highest BCUT2D eigenvalue weighted by atomic mass is 32.2. The molecule has 0 atom stereocenters. The zero-order valence-corrected chi connectivity index (χ0v) is 20.1. The third-order valence-corrected chi connectivity index (χ3v) is 7.32. The van der Waals surface area contributed by atoms with Crippen molar-refractivity contribution in [2.24, 2.45) is 0 Å². The quantitative estimate of drug-likeness (QED) is 0.409. The minimum atomic E-state index is -3.98. The van der Waals surface area contributed by atoms with Crippen molar-refractivity contribution >= 4 is 21.7 Å². The number of hydrogen-bond donors (Lipinski definition) is 0.